The molecule has 1 aromatic heterocycles. The molecule has 0 aliphatic heterocycles. The second kappa shape index (κ2) is 3.22. The maximum atomic E-state index is 11.4. The molecular weight excluding hydrogens is 182 g/mol. The van der Waals surface area contributed by atoms with Crippen molar-refractivity contribution in [1.29, 1.82) is 0 Å². The molecule has 0 bridgehead atoms. The van der Waals surface area contributed by atoms with Gasteiger partial charge in [-0.1, -0.05) is 6.07 Å². The Bertz CT molecular complexity index is 354. The van der Waals surface area contributed by atoms with Gasteiger partial charge in [0.15, 0.2) is 0 Å². The van der Waals surface area contributed by atoms with E-state index in [0.717, 1.165) is 12.3 Å². The van der Waals surface area contributed by atoms with E-state index in [1.807, 2.05) is 12.3 Å². The number of rotatable bonds is 3. The fraction of sp³-hybridized carbons (Fsp3) is 0.500. The number of pyridine rings is 1. The third-order valence-electron chi connectivity index (χ3n) is 2.70. The summed E-state index contributed by atoms with van der Waals surface area (Å²) in [6.45, 7) is 0.830. The first-order valence-electron chi connectivity index (χ1n) is 4.52. The minimum atomic E-state index is 0.0931. The van der Waals surface area contributed by atoms with Crippen LogP contribution in [0.15, 0.2) is 29.2 Å². The minimum absolute atomic E-state index is 0.0931. The average molecular weight is 195 g/mol. The van der Waals surface area contributed by atoms with Crippen LogP contribution in [0, 0.1) is 5.41 Å². The molecule has 3 heteroatoms. The van der Waals surface area contributed by atoms with Crippen LogP contribution >= 0.6 is 12.6 Å². The molecule has 0 aromatic carbocycles. The van der Waals surface area contributed by atoms with Gasteiger partial charge in [0.1, 0.15) is 0 Å². The van der Waals surface area contributed by atoms with Crippen LogP contribution in [0.4, 0.5) is 0 Å². The normalized spacial score (nSPS) is 18.5. The van der Waals surface area contributed by atoms with Crippen LogP contribution in [-0.2, 0) is 6.54 Å². The summed E-state index contributed by atoms with van der Waals surface area (Å²) in [6.07, 6.45) is 4.27. The standard InChI is InChI=1S/C10H13NOS/c12-9-3-1-2-6-11(9)7-10(8-13)4-5-10/h1-3,6,13H,4-5,7-8H2. The monoisotopic (exact) mass is 195 g/mol. The van der Waals surface area contributed by atoms with E-state index < -0.39 is 0 Å². The SMILES string of the molecule is O=c1ccccn1CC1(CS)CC1. The smallest absolute Gasteiger partial charge is 0.250 e. The molecular formula is C10H13NOS. The predicted octanol–water partition coefficient (Wildman–Crippen LogP) is 1.56. The van der Waals surface area contributed by atoms with Gasteiger partial charge in [0.05, 0.1) is 0 Å². The fourth-order valence-electron chi connectivity index (χ4n) is 1.50. The summed E-state index contributed by atoms with van der Waals surface area (Å²) in [6, 6.07) is 5.28. The molecule has 0 spiro atoms. The van der Waals surface area contributed by atoms with Gasteiger partial charge < -0.3 is 4.57 Å². The van der Waals surface area contributed by atoms with E-state index in [9.17, 15) is 4.79 Å². The summed E-state index contributed by atoms with van der Waals surface area (Å²) in [5.74, 6) is 0.883. The molecule has 0 amide bonds. The molecule has 1 aromatic rings. The number of thiol groups is 1. The molecule has 1 fully saturated rings. The maximum absolute atomic E-state index is 11.4. The third kappa shape index (κ3) is 1.80. The van der Waals surface area contributed by atoms with Gasteiger partial charge in [0.25, 0.3) is 5.56 Å². The first-order chi connectivity index (χ1) is 6.26. The Labute approximate surface area is 83.0 Å². The highest BCUT2D eigenvalue weighted by molar-refractivity contribution is 7.80. The average Bonchev–Trinajstić information content (AvgIpc) is 2.90. The highest BCUT2D eigenvalue weighted by atomic mass is 32.1. The molecule has 0 unspecified atom stereocenters. The van der Waals surface area contributed by atoms with Gasteiger partial charge in [-0.25, -0.2) is 0 Å². The number of hydrogen-bond acceptors (Lipinski definition) is 2. The lowest BCUT2D eigenvalue weighted by molar-refractivity contribution is 0.464. The van der Waals surface area contributed by atoms with Crippen molar-refractivity contribution in [2.75, 3.05) is 5.75 Å². The zero-order valence-electron chi connectivity index (χ0n) is 7.44. The quantitative estimate of drug-likeness (QED) is 0.726. The minimum Gasteiger partial charge on any atom is -0.315 e. The highest BCUT2D eigenvalue weighted by Crippen LogP contribution is 2.47. The summed E-state index contributed by atoms with van der Waals surface area (Å²) in [5.41, 5.74) is 0.407. The second-order valence-electron chi connectivity index (χ2n) is 3.82. The summed E-state index contributed by atoms with van der Waals surface area (Å²) >= 11 is 4.31. The summed E-state index contributed by atoms with van der Waals surface area (Å²) in [5, 5.41) is 0. The van der Waals surface area contributed by atoms with Crippen LogP contribution in [0.2, 0.25) is 0 Å². The predicted molar refractivity (Wildman–Crippen MR) is 56.2 cm³/mol. The first kappa shape index (κ1) is 8.88. The Kier molecular flexibility index (Phi) is 2.20. The first-order valence-corrected chi connectivity index (χ1v) is 5.15. The van der Waals surface area contributed by atoms with E-state index in [0.29, 0.717) is 5.41 Å². The zero-order valence-corrected chi connectivity index (χ0v) is 8.33. The molecule has 0 saturated heterocycles. The van der Waals surface area contributed by atoms with Gasteiger partial charge in [0.2, 0.25) is 0 Å². The van der Waals surface area contributed by atoms with E-state index in [1.54, 1.807) is 16.7 Å². The number of aromatic nitrogens is 1. The lowest BCUT2D eigenvalue weighted by Gasteiger charge is -2.13. The van der Waals surface area contributed by atoms with E-state index in [1.165, 1.54) is 12.8 Å². The summed E-state index contributed by atoms with van der Waals surface area (Å²) in [7, 11) is 0. The van der Waals surface area contributed by atoms with E-state index in [4.69, 9.17) is 0 Å². The van der Waals surface area contributed by atoms with E-state index >= 15 is 0 Å². The molecule has 2 rings (SSSR count). The summed E-state index contributed by atoms with van der Waals surface area (Å²) in [4.78, 5) is 11.4. The molecule has 1 aliphatic carbocycles. The molecule has 0 atom stereocenters. The van der Waals surface area contributed by atoms with Crippen molar-refractivity contribution in [3.05, 3.63) is 34.7 Å². The second-order valence-corrected chi connectivity index (χ2v) is 4.14. The Morgan fingerprint density at radius 2 is 2.23 bits per heavy atom. The molecule has 70 valence electrons. The lowest BCUT2D eigenvalue weighted by Crippen LogP contribution is -2.24. The van der Waals surface area contributed by atoms with E-state index in [-0.39, 0.29) is 5.56 Å². The van der Waals surface area contributed by atoms with Gasteiger partial charge in [-0.2, -0.15) is 12.6 Å². The van der Waals surface area contributed by atoms with Crippen LogP contribution in [-0.4, -0.2) is 10.3 Å². The van der Waals surface area contributed by atoms with Gasteiger partial charge in [0, 0.05) is 18.8 Å². The molecule has 2 nitrogen and oxygen atoms in total. The van der Waals surface area contributed by atoms with Crippen molar-refractivity contribution in [2.24, 2.45) is 5.41 Å². The largest absolute Gasteiger partial charge is 0.315 e. The number of nitrogens with zero attached hydrogens (tertiary/aromatic N) is 1. The van der Waals surface area contributed by atoms with Gasteiger partial charge in [-0.3, -0.25) is 4.79 Å². The summed E-state index contributed by atoms with van der Waals surface area (Å²) < 4.78 is 1.78. The van der Waals surface area contributed by atoms with Crippen LogP contribution in [0.1, 0.15) is 12.8 Å². The molecule has 0 N–H and O–H groups in total. The van der Waals surface area contributed by atoms with E-state index in [2.05, 4.69) is 12.6 Å². The van der Waals surface area contributed by atoms with Crippen molar-refractivity contribution in [1.82, 2.24) is 4.57 Å². The van der Waals surface area contributed by atoms with Crippen molar-refractivity contribution in [3.63, 3.8) is 0 Å². The van der Waals surface area contributed by atoms with Crippen LogP contribution in [0.25, 0.3) is 0 Å². The van der Waals surface area contributed by atoms with Crippen molar-refractivity contribution in [2.45, 2.75) is 19.4 Å². The Morgan fingerprint density at radius 1 is 1.46 bits per heavy atom. The highest BCUT2D eigenvalue weighted by Gasteiger charge is 2.41. The molecule has 0 radical (unpaired) electrons. The molecule has 1 aliphatic rings. The molecule has 1 saturated carbocycles. The third-order valence-corrected chi connectivity index (χ3v) is 3.37. The zero-order chi connectivity index (χ0) is 9.31. The Morgan fingerprint density at radius 3 is 2.77 bits per heavy atom. The van der Waals surface area contributed by atoms with Gasteiger partial charge >= 0.3 is 0 Å². The van der Waals surface area contributed by atoms with Crippen molar-refractivity contribution in [3.8, 4) is 0 Å². The van der Waals surface area contributed by atoms with Crippen LogP contribution < -0.4 is 5.56 Å². The van der Waals surface area contributed by atoms with Crippen molar-refractivity contribution >= 4 is 12.6 Å². The fourth-order valence-corrected chi connectivity index (χ4v) is 1.91. The van der Waals surface area contributed by atoms with Gasteiger partial charge in [-0.15, -0.1) is 0 Å². The Hall–Kier alpha value is -0.700. The van der Waals surface area contributed by atoms with Crippen LogP contribution in [0.3, 0.4) is 0 Å². The number of hydrogen-bond donors (Lipinski definition) is 1. The lowest BCUT2D eigenvalue weighted by atomic mass is 10.1. The molecule has 1 heterocycles. The Balaban J connectivity index is 2.19. The van der Waals surface area contributed by atoms with Crippen LogP contribution in [0.5, 0.6) is 0 Å². The topological polar surface area (TPSA) is 22.0 Å². The van der Waals surface area contributed by atoms with Crippen molar-refractivity contribution < 1.29 is 0 Å². The maximum Gasteiger partial charge on any atom is 0.250 e. The van der Waals surface area contributed by atoms with Gasteiger partial charge in [-0.05, 0) is 30.1 Å². The molecule has 13 heavy (non-hydrogen) atoms.